The SMILES string of the molecule is Cc1cc(C(CN)C(F)(F)F)c2ccccc2n1. The lowest BCUT2D eigenvalue weighted by molar-refractivity contribution is -0.147. The highest BCUT2D eigenvalue weighted by atomic mass is 19.4. The number of para-hydroxylation sites is 1. The van der Waals surface area contributed by atoms with E-state index in [4.69, 9.17) is 5.73 Å². The predicted molar refractivity (Wildman–Crippen MR) is 64.3 cm³/mol. The summed E-state index contributed by atoms with van der Waals surface area (Å²) >= 11 is 0. The number of aromatic nitrogens is 1. The number of nitrogens with two attached hydrogens (primary N) is 1. The Morgan fingerprint density at radius 1 is 1.28 bits per heavy atom. The summed E-state index contributed by atoms with van der Waals surface area (Å²) in [5.41, 5.74) is 6.62. The number of hydrogen-bond donors (Lipinski definition) is 1. The van der Waals surface area contributed by atoms with Crippen LogP contribution < -0.4 is 5.73 Å². The summed E-state index contributed by atoms with van der Waals surface area (Å²) in [5.74, 6) is -1.65. The van der Waals surface area contributed by atoms with Crippen molar-refractivity contribution in [2.24, 2.45) is 5.73 Å². The Balaban J connectivity index is 2.69. The molecule has 0 radical (unpaired) electrons. The Hall–Kier alpha value is -1.62. The number of rotatable bonds is 2. The molecule has 0 aliphatic carbocycles. The summed E-state index contributed by atoms with van der Waals surface area (Å²) in [6.45, 7) is 1.22. The summed E-state index contributed by atoms with van der Waals surface area (Å²) in [4.78, 5) is 4.23. The third kappa shape index (κ3) is 2.31. The van der Waals surface area contributed by atoms with Crippen molar-refractivity contribution in [3.63, 3.8) is 0 Å². The molecular formula is C13H13F3N2. The van der Waals surface area contributed by atoms with Crippen LogP contribution in [-0.4, -0.2) is 17.7 Å². The Kier molecular flexibility index (Phi) is 3.26. The van der Waals surface area contributed by atoms with Crippen LogP contribution in [0.4, 0.5) is 13.2 Å². The zero-order chi connectivity index (χ0) is 13.3. The third-order valence-electron chi connectivity index (χ3n) is 2.88. The van der Waals surface area contributed by atoms with Crippen molar-refractivity contribution in [2.45, 2.75) is 19.0 Å². The van der Waals surface area contributed by atoms with Crippen LogP contribution in [0.5, 0.6) is 0 Å². The fourth-order valence-corrected chi connectivity index (χ4v) is 2.07. The summed E-state index contributed by atoms with van der Waals surface area (Å²) < 4.78 is 38.9. The van der Waals surface area contributed by atoms with Gasteiger partial charge in [0.05, 0.1) is 11.4 Å². The molecule has 2 N–H and O–H groups in total. The number of aryl methyl sites for hydroxylation is 1. The number of fused-ring (bicyclic) bond motifs is 1. The molecule has 1 aromatic heterocycles. The second kappa shape index (κ2) is 4.57. The van der Waals surface area contributed by atoms with Crippen molar-refractivity contribution >= 4 is 10.9 Å². The van der Waals surface area contributed by atoms with Gasteiger partial charge in [-0.2, -0.15) is 13.2 Å². The van der Waals surface area contributed by atoms with Crippen LogP contribution in [-0.2, 0) is 0 Å². The molecule has 2 nitrogen and oxygen atoms in total. The van der Waals surface area contributed by atoms with Crippen LogP contribution in [0.15, 0.2) is 30.3 Å². The van der Waals surface area contributed by atoms with E-state index in [2.05, 4.69) is 4.98 Å². The molecule has 1 aromatic carbocycles. The summed E-state index contributed by atoms with van der Waals surface area (Å²) in [7, 11) is 0. The first-order valence-electron chi connectivity index (χ1n) is 5.56. The highest BCUT2D eigenvalue weighted by molar-refractivity contribution is 5.83. The van der Waals surface area contributed by atoms with E-state index in [9.17, 15) is 13.2 Å². The van der Waals surface area contributed by atoms with Crippen LogP contribution in [0.25, 0.3) is 10.9 Å². The minimum Gasteiger partial charge on any atom is -0.330 e. The Labute approximate surface area is 103 Å². The predicted octanol–water partition coefficient (Wildman–Crippen LogP) is 3.15. The molecule has 1 atom stereocenters. The minimum absolute atomic E-state index is 0.202. The lowest BCUT2D eigenvalue weighted by Gasteiger charge is -2.20. The highest BCUT2D eigenvalue weighted by Crippen LogP contribution is 2.37. The number of halogens is 3. The van der Waals surface area contributed by atoms with Gasteiger partial charge in [-0.15, -0.1) is 0 Å². The van der Waals surface area contributed by atoms with Crippen molar-refractivity contribution in [3.05, 3.63) is 41.6 Å². The van der Waals surface area contributed by atoms with Crippen LogP contribution in [0, 0.1) is 6.92 Å². The Bertz CT molecular complexity index is 564. The van der Waals surface area contributed by atoms with Gasteiger partial charge in [0.15, 0.2) is 0 Å². The fourth-order valence-electron chi connectivity index (χ4n) is 2.07. The van der Waals surface area contributed by atoms with Crippen molar-refractivity contribution in [3.8, 4) is 0 Å². The average Bonchev–Trinajstić information content (AvgIpc) is 2.27. The molecule has 5 heteroatoms. The van der Waals surface area contributed by atoms with Crippen LogP contribution in [0.3, 0.4) is 0 Å². The average molecular weight is 254 g/mol. The van der Waals surface area contributed by atoms with E-state index in [1.165, 1.54) is 6.07 Å². The lowest BCUT2D eigenvalue weighted by Crippen LogP contribution is -2.28. The van der Waals surface area contributed by atoms with E-state index in [0.717, 1.165) is 0 Å². The summed E-state index contributed by atoms with van der Waals surface area (Å²) in [6.07, 6.45) is -4.34. The Morgan fingerprint density at radius 3 is 2.56 bits per heavy atom. The molecule has 0 saturated carbocycles. The lowest BCUT2D eigenvalue weighted by atomic mass is 9.94. The van der Waals surface area contributed by atoms with E-state index < -0.39 is 18.6 Å². The minimum atomic E-state index is -4.34. The van der Waals surface area contributed by atoms with Gasteiger partial charge in [0.1, 0.15) is 0 Å². The Morgan fingerprint density at radius 2 is 1.94 bits per heavy atom. The van der Waals surface area contributed by atoms with Gasteiger partial charge in [-0.05, 0) is 24.6 Å². The molecule has 0 aliphatic heterocycles. The van der Waals surface area contributed by atoms with E-state index in [1.54, 1.807) is 31.2 Å². The monoisotopic (exact) mass is 254 g/mol. The molecule has 1 heterocycles. The van der Waals surface area contributed by atoms with Gasteiger partial charge in [0.25, 0.3) is 0 Å². The summed E-state index contributed by atoms with van der Waals surface area (Å²) in [5, 5.41) is 0.510. The standard InChI is InChI=1S/C13H13F3N2/c1-8-6-10(11(7-17)13(14,15)16)9-4-2-3-5-12(9)18-8/h2-6,11H,7,17H2,1H3. The van der Waals surface area contributed by atoms with Gasteiger partial charge in [-0.25, -0.2) is 0 Å². The zero-order valence-corrected chi connectivity index (χ0v) is 9.83. The molecular weight excluding hydrogens is 241 g/mol. The summed E-state index contributed by atoms with van der Waals surface area (Å²) in [6, 6.07) is 8.27. The normalized spacial score (nSPS) is 13.8. The second-order valence-corrected chi connectivity index (χ2v) is 4.20. The topological polar surface area (TPSA) is 38.9 Å². The van der Waals surface area contributed by atoms with Crippen molar-refractivity contribution in [2.75, 3.05) is 6.54 Å². The van der Waals surface area contributed by atoms with Gasteiger partial charge >= 0.3 is 6.18 Å². The molecule has 2 aromatic rings. The van der Waals surface area contributed by atoms with Crippen LogP contribution >= 0.6 is 0 Å². The van der Waals surface area contributed by atoms with Crippen molar-refractivity contribution < 1.29 is 13.2 Å². The third-order valence-corrected chi connectivity index (χ3v) is 2.88. The van der Waals surface area contributed by atoms with Gasteiger partial charge in [0.2, 0.25) is 0 Å². The van der Waals surface area contributed by atoms with Crippen LogP contribution in [0.1, 0.15) is 17.2 Å². The molecule has 0 spiro atoms. The largest absolute Gasteiger partial charge is 0.396 e. The fraction of sp³-hybridized carbons (Fsp3) is 0.308. The molecule has 0 saturated heterocycles. The molecule has 96 valence electrons. The van der Waals surface area contributed by atoms with E-state index in [1.807, 2.05) is 0 Å². The maximum atomic E-state index is 13.0. The van der Waals surface area contributed by atoms with Crippen molar-refractivity contribution in [1.29, 1.82) is 0 Å². The van der Waals surface area contributed by atoms with Crippen molar-refractivity contribution in [1.82, 2.24) is 4.98 Å². The number of alkyl halides is 3. The maximum Gasteiger partial charge on any atom is 0.396 e. The number of hydrogen-bond acceptors (Lipinski definition) is 2. The van der Waals surface area contributed by atoms with Gasteiger partial charge < -0.3 is 5.73 Å². The number of nitrogens with zero attached hydrogens (tertiary/aromatic N) is 1. The first kappa shape index (κ1) is 12.8. The van der Waals surface area contributed by atoms with E-state index in [0.29, 0.717) is 16.6 Å². The van der Waals surface area contributed by atoms with E-state index >= 15 is 0 Å². The quantitative estimate of drug-likeness (QED) is 0.894. The second-order valence-electron chi connectivity index (χ2n) is 4.20. The molecule has 2 rings (SSSR count). The van der Waals surface area contributed by atoms with E-state index in [-0.39, 0.29) is 5.56 Å². The van der Waals surface area contributed by atoms with Gasteiger partial charge in [-0.1, -0.05) is 18.2 Å². The zero-order valence-electron chi connectivity index (χ0n) is 9.83. The van der Waals surface area contributed by atoms with Gasteiger partial charge in [0, 0.05) is 17.6 Å². The number of benzene rings is 1. The molecule has 0 aliphatic rings. The smallest absolute Gasteiger partial charge is 0.330 e. The first-order valence-corrected chi connectivity index (χ1v) is 5.56. The molecule has 18 heavy (non-hydrogen) atoms. The molecule has 1 unspecified atom stereocenters. The molecule has 0 amide bonds. The van der Waals surface area contributed by atoms with Crippen LogP contribution in [0.2, 0.25) is 0 Å². The molecule has 0 fully saturated rings. The maximum absolute atomic E-state index is 13.0. The highest BCUT2D eigenvalue weighted by Gasteiger charge is 2.40. The first-order chi connectivity index (χ1) is 8.43. The molecule has 0 bridgehead atoms. The number of pyridine rings is 1. The van der Waals surface area contributed by atoms with Gasteiger partial charge in [-0.3, -0.25) is 4.98 Å².